The fraction of sp³-hybridized carbons (Fsp3) is 0.200. The van der Waals surface area contributed by atoms with Gasteiger partial charge in [0.25, 0.3) is 0 Å². The molecule has 0 aliphatic heterocycles. The van der Waals surface area contributed by atoms with Crippen molar-refractivity contribution in [3.63, 3.8) is 0 Å². The second-order valence-corrected chi connectivity index (χ2v) is 4.17. The van der Waals surface area contributed by atoms with Crippen LogP contribution in [-0.2, 0) is 13.2 Å². The lowest BCUT2D eigenvalue weighted by atomic mass is 10.1. The molecule has 2 N–H and O–H groups in total. The monoisotopic (exact) mass is 244 g/mol. The van der Waals surface area contributed by atoms with Gasteiger partial charge in [-0.05, 0) is 30.7 Å². The molecule has 0 spiro atoms. The first-order valence-corrected chi connectivity index (χ1v) is 5.81. The van der Waals surface area contributed by atoms with Gasteiger partial charge in [0, 0.05) is 5.56 Å². The van der Waals surface area contributed by atoms with Crippen molar-refractivity contribution in [1.29, 1.82) is 0 Å². The molecule has 0 aromatic heterocycles. The highest BCUT2D eigenvalue weighted by atomic mass is 16.5. The zero-order chi connectivity index (χ0) is 13.0. The van der Waals surface area contributed by atoms with Crippen molar-refractivity contribution in [3.05, 3.63) is 59.2 Å². The Morgan fingerprint density at radius 1 is 0.944 bits per heavy atom. The Morgan fingerprint density at radius 3 is 2.28 bits per heavy atom. The second-order valence-electron chi connectivity index (χ2n) is 4.17. The average Bonchev–Trinajstić information content (AvgIpc) is 2.41. The van der Waals surface area contributed by atoms with E-state index in [2.05, 4.69) is 0 Å². The highest BCUT2D eigenvalue weighted by Crippen LogP contribution is 2.26. The van der Waals surface area contributed by atoms with Crippen LogP contribution >= 0.6 is 0 Å². The summed E-state index contributed by atoms with van der Waals surface area (Å²) in [5.41, 5.74) is 2.69. The number of hydrogen-bond donors (Lipinski definition) is 2. The number of aliphatic hydroxyl groups excluding tert-OH is 2. The Kier molecular flexibility index (Phi) is 3.97. The van der Waals surface area contributed by atoms with E-state index in [1.54, 1.807) is 12.1 Å². The largest absolute Gasteiger partial charge is 0.457 e. The van der Waals surface area contributed by atoms with Crippen molar-refractivity contribution in [2.45, 2.75) is 20.1 Å². The maximum atomic E-state index is 9.29. The summed E-state index contributed by atoms with van der Waals surface area (Å²) in [7, 11) is 0. The smallest absolute Gasteiger partial charge is 0.132 e. The molecule has 3 nitrogen and oxygen atoms in total. The van der Waals surface area contributed by atoms with Crippen LogP contribution in [0.3, 0.4) is 0 Å². The first-order chi connectivity index (χ1) is 8.72. The van der Waals surface area contributed by atoms with Gasteiger partial charge >= 0.3 is 0 Å². The summed E-state index contributed by atoms with van der Waals surface area (Å²) in [4.78, 5) is 0. The van der Waals surface area contributed by atoms with Gasteiger partial charge in [0.15, 0.2) is 0 Å². The number of aryl methyl sites for hydroxylation is 1. The molecule has 0 aliphatic rings. The minimum Gasteiger partial charge on any atom is -0.457 e. The molecule has 2 aromatic rings. The molecule has 2 rings (SSSR count). The van der Waals surface area contributed by atoms with Crippen molar-refractivity contribution in [1.82, 2.24) is 0 Å². The number of hydrogen-bond acceptors (Lipinski definition) is 3. The van der Waals surface area contributed by atoms with Gasteiger partial charge in [0.1, 0.15) is 11.5 Å². The van der Waals surface area contributed by atoms with E-state index in [4.69, 9.17) is 9.84 Å². The molecular formula is C15H16O3. The summed E-state index contributed by atoms with van der Waals surface area (Å²) in [6, 6.07) is 12.9. The summed E-state index contributed by atoms with van der Waals surface area (Å²) >= 11 is 0. The van der Waals surface area contributed by atoms with E-state index >= 15 is 0 Å². The third-order valence-corrected chi connectivity index (χ3v) is 2.72. The second kappa shape index (κ2) is 5.67. The molecule has 3 heteroatoms. The van der Waals surface area contributed by atoms with Crippen LogP contribution in [0.4, 0.5) is 0 Å². The van der Waals surface area contributed by atoms with Gasteiger partial charge in [-0.25, -0.2) is 0 Å². The predicted molar refractivity (Wildman–Crippen MR) is 69.5 cm³/mol. The van der Waals surface area contributed by atoms with Crippen LogP contribution in [0.2, 0.25) is 0 Å². The Morgan fingerprint density at radius 2 is 1.67 bits per heavy atom. The van der Waals surface area contributed by atoms with Gasteiger partial charge < -0.3 is 14.9 Å². The van der Waals surface area contributed by atoms with E-state index in [1.165, 1.54) is 0 Å². The maximum Gasteiger partial charge on any atom is 0.132 e. The van der Waals surface area contributed by atoms with E-state index in [-0.39, 0.29) is 13.2 Å². The Labute approximate surface area is 106 Å². The lowest BCUT2D eigenvalue weighted by Crippen LogP contribution is -1.93. The van der Waals surface area contributed by atoms with Gasteiger partial charge in [-0.2, -0.15) is 0 Å². The van der Waals surface area contributed by atoms with Gasteiger partial charge in [-0.1, -0.05) is 29.8 Å². The zero-order valence-electron chi connectivity index (χ0n) is 10.3. The van der Waals surface area contributed by atoms with E-state index in [9.17, 15) is 5.11 Å². The lowest BCUT2D eigenvalue weighted by molar-refractivity contribution is 0.276. The summed E-state index contributed by atoms with van der Waals surface area (Å²) < 4.78 is 5.71. The Hall–Kier alpha value is -1.84. The van der Waals surface area contributed by atoms with E-state index in [0.717, 1.165) is 16.7 Å². The highest BCUT2D eigenvalue weighted by molar-refractivity contribution is 5.40. The summed E-state index contributed by atoms with van der Waals surface area (Å²) in [5, 5.41) is 18.2. The van der Waals surface area contributed by atoms with Crippen LogP contribution in [0, 0.1) is 6.92 Å². The van der Waals surface area contributed by atoms with Gasteiger partial charge in [0.05, 0.1) is 13.2 Å². The Balaban J connectivity index is 2.22. The van der Waals surface area contributed by atoms with Crippen LogP contribution < -0.4 is 4.74 Å². The lowest BCUT2D eigenvalue weighted by Gasteiger charge is -2.10. The topological polar surface area (TPSA) is 49.7 Å². The minimum absolute atomic E-state index is 0.0205. The van der Waals surface area contributed by atoms with Crippen molar-refractivity contribution < 1.29 is 14.9 Å². The molecule has 2 aromatic carbocycles. The fourth-order valence-corrected chi connectivity index (χ4v) is 1.72. The maximum absolute atomic E-state index is 9.29. The molecular weight excluding hydrogens is 228 g/mol. The first-order valence-electron chi connectivity index (χ1n) is 5.81. The number of rotatable bonds is 4. The molecule has 94 valence electrons. The average molecular weight is 244 g/mol. The van der Waals surface area contributed by atoms with Crippen LogP contribution in [0.1, 0.15) is 16.7 Å². The molecule has 0 unspecified atom stereocenters. The van der Waals surface area contributed by atoms with E-state index in [1.807, 2.05) is 37.3 Å². The Bertz CT molecular complexity index is 518. The van der Waals surface area contributed by atoms with Crippen LogP contribution in [0.5, 0.6) is 11.5 Å². The molecule has 0 heterocycles. The normalized spacial score (nSPS) is 10.4. The molecule has 0 amide bonds. The molecule has 0 saturated carbocycles. The molecule has 0 aliphatic carbocycles. The third-order valence-electron chi connectivity index (χ3n) is 2.72. The highest BCUT2D eigenvalue weighted by Gasteiger charge is 2.04. The number of aliphatic hydroxyl groups is 2. The van der Waals surface area contributed by atoms with Gasteiger partial charge in [-0.15, -0.1) is 0 Å². The summed E-state index contributed by atoms with van der Waals surface area (Å²) in [6.07, 6.45) is 0. The van der Waals surface area contributed by atoms with Crippen molar-refractivity contribution in [3.8, 4) is 11.5 Å². The molecule has 0 fully saturated rings. The molecule has 0 bridgehead atoms. The number of ether oxygens (including phenoxy) is 1. The fourth-order valence-electron chi connectivity index (χ4n) is 1.72. The van der Waals surface area contributed by atoms with E-state index < -0.39 is 0 Å². The van der Waals surface area contributed by atoms with Crippen LogP contribution in [-0.4, -0.2) is 10.2 Å². The molecule has 0 saturated heterocycles. The van der Waals surface area contributed by atoms with Crippen LogP contribution in [0.25, 0.3) is 0 Å². The molecule has 0 radical (unpaired) electrons. The predicted octanol–water partition coefficient (Wildman–Crippen LogP) is 2.77. The minimum atomic E-state index is -0.0499. The van der Waals surface area contributed by atoms with E-state index in [0.29, 0.717) is 11.5 Å². The molecule has 0 atom stereocenters. The standard InChI is InChI=1S/C15H16O3/c1-11-2-7-15(13(8-11)10-17)18-14-5-3-12(9-16)4-6-14/h2-8,16-17H,9-10H2,1H3. The molecule has 18 heavy (non-hydrogen) atoms. The zero-order valence-corrected chi connectivity index (χ0v) is 10.3. The van der Waals surface area contributed by atoms with Crippen LogP contribution in [0.15, 0.2) is 42.5 Å². The van der Waals surface area contributed by atoms with Gasteiger partial charge in [-0.3, -0.25) is 0 Å². The summed E-state index contributed by atoms with van der Waals surface area (Å²) in [5.74, 6) is 1.34. The SMILES string of the molecule is Cc1ccc(Oc2ccc(CO)cc2)c(CO)c1. The summed E-state index contributed by atoms with van der Waals surface area (Å²) in [6.45, 7) is 1.94. The quantitative estimate of drug-likeness (QED) is 0.869. The third kappa shape index (κ3) is 2.88. The van der Waals surface area contributed by atoms with Gasteiger partial charge in [0.2, 0.25) is 0 Å². The van der Waals surface area contributed by atoms with Crippen molar-refractivity contribution in [2.75, 3.05) is 0 Å². The number of benzene rings is 2. The van der Waals surface area contributed by atoms with Crippen molar-refractivity contribution in [2.24, 2.45) is 0 Å². The first kappa shape index (κ1) is 12.6. The van der Waals surface area contributed by atoms with Crippen molar-refractivity contribution >= 4 is 0 Å².